The van der Waals surface area contributed by atoms with E-state index in [1.165, 1.54) is 11.1 Å². The molecule has 1 aromatic carbocycles. The maximum absolute atomic E-state index is 5.66. The topological polar surface area (TPSA) is 42.1 Å². The van der Waals surface area contributed by atoms with Gasteiger partial charge >= 0.3 is 0 Å². The fraction of sp³-hybridized carbons (Fsp3) is 0.312. The van der Waals surface area contributed by atoms with Gasteiger partial charge in [0.15, 0.2) is 0 Å². The minimum Gasteiger partial charge on any atom is -0.330 e. The SMILES string of the molecule is Cc1ccc(N(CCCN)c2cc(C)c(Br)cn2)cc1. The molecular formula is C16H20BrN3. The summed E-state index contributed by atoms with van der Waals surface area (Å²) < 4.78 is 1.03. The first-order valence-electron chi connectivity index (χ1n) is 6.78. The molecule has 0 fully saturated rings. The number of anilines is 2. The zero-order valence-electron chi connectivity index (χ0n) is 11.9. The number of nitrogens with two attached hydrogens (primary N) is 1. The number of hydrogen-bond donors (Lipinski definition) is 1. The first-order valence-corrected chi connectivity index (χ1v) is 7.57. The van der Waals surface area contributed by atoms with E-state index in [2.05, 4.69) is 70.0 Å². The first-order chi connectivity index (χ1) is 9.61. The highest BCUT2D eigenvalue weighted by atomic mass is 79.9. The van der Waals surface area contributed by atoms with E-state index >= 15 is 0 Å². The van der Waals surface area contributed by atoms with Crippen molar-refractivity contribution < 1.29 is 0 Å². The van der Waals surface area contributed by atoms with E-state index in [-0.39, 0.29) is 0 Å². The maximum Gasteiger partial charge on any atom is 0.133 e. The molecule has 0 aliphatic rings. The lowest BCUT2D eigenvalue weighted by atomic mass is 10.2. The first kappa shape index (κ1) is 15.0. The van der Waals surface area contributed by atoms with Gasteiger partial charge in [0, 0.05) is 22.9 Å². The second kappa shape index (κ2) is 6.86. The number of nitrogens with zero attached hydrogens (tertiary/aromatic N) is 2. The average Bonchev–Trinajstić information content (AvgIpc) is 2.45. The zero-order valence-corrected chi connectivity index (χ0v) is 13.5. The van der Waals surface area contributed by atoms with E-state index in [9.17, 15) is 0 Å². The van der Waals surface area contributed by atoms with Gasteiger partial charge in [-0.2, -0.15) is 0 Å². The Bertz CT molecular complexity index is 566. The Hall–Kier alpha value is -1.39. The molecule has 0 saturated carbocycles. The van der Waals surface area contributed by atoms with Crippen LogP contribution in [-0.2, 0) is 0 Å². The normalized spacial score (nSPS) is 10.6. The molecule has 3 nitrogen and oxygen atoms in total. The third kappa shape index (κ3) is 3.58. The molecule has 2 N–H and O–H groups in total. The summed E-state index contributed by atoms with van der Waals surface area (Å²) in [6.07, 6.45) is 2.79. The Balaban J connectivity index is 2.35. The molecule has 4 heteroatoms. The standard InChI is InChI=1S/C16H20BrN3/c1-12-4-6-14(7-5-12)20(9-3-8-18)16-10-13(2)15(17)11-19-16/h4-7,10-11H,3,8-9,18H2,1-2H3. The van der Waals surface area contributed by atoms with Crippen molar-refractivity contribution in [2.24, 2.45) is 5.73 Å². The highest BCUT2D eigenvalue weighted by Gasteiger charge is 2.11. The van der Waals surface area contributed by atoms with Crippen LogP contribution in [0.5, 0.6) is 0 Å². The largest absolute Gasteiger partial charge is 0.330 e. The molecule has 0 aliphatic carbocycles. The number of aryl methyl sites for hydroxylation is 2. The summed E-state index contributed by atoms with van der Waals surface area (Å²) in [7, 11) is 0. The van der Waals surface area contributed by atoms with Crippen LogP contribution in [0.4, 0.5) is 11.5 Å². The lowest BCUT2D eigenvalue weighted by Gasteiger charge is -2.24. The van der Waals surface area contributed by atoms with Crippen LogP contribution in [0.3, 0.4) is 0 Å². The maximum atomic E-state index is 5.66. The minimum atomic E-state index is 0.678. The van der Waals surface area contributed by atoms with Crippen molar-refractivity contribution in [3.8, 4) is 0 Å². The number of aromatic nitrogens is 1. The predicted molar refractivity (Wildman–Crippen MR) is 88.5 cm³/mol. The Labute approximate surface area is 129 Å². The third-order valence-electron chi connectivity index (χ3n) is 3.24. The minimum absolute atomic E-state index is 0.678. The third-order valence-corrected chi connectivity index (χ3v) is 4.07. The summed E-state index contributed by atoms with van der Waals surface area (Å²) in [5.41, 5.74) is 9.25. The molecule has 0 unspecified atom stereocenters. The van der Waals surface area contributed by atoms with Crippen LogP contribution in [0.2, 0.25) is 0 Å². The second-order valence-electron chi connectivity index (χ2n) is 4.92. The van der Waals surface area contributed by atoms with Crippen LogP contribution >= 0.6 is 15.9 Å². The molecule has 0 atom stereocenters. The Kier molecular flexibility index (Phi) is 5.15. The van der Waals surface area contributed by atoms with Gasteiger partial charge in [0.05, 0.1) is 0 Å². The van der Waals surface area contributed by atoms with Crippen LogP contribution < -0.4 is 10.6 Å². The van der Waals surface area contributed by atoms with Gasteiger partial charge < -0.3 is 10.6 Å². The molecule has 1 aromatic heterocycles. The monoisotopic (exact) mass is 333 g/mol. The number of rotatable bonds is 5. The summed E-state index contributed by atoms with van der Waals surface area (Å²) in [4.78, 5) is 6.74. The van der Waals surface area contributed by atoms with Crippen LogP contribution in [-0.4, -0.2) is 18.1 Å². The summed E-state index contributed by atoms with van der Waals surface area (Å²) >= 11 is 3.50. The Morgan fingerprint density at radius 2 is 1.90 bits per heavy atom. The molecule has 20 heavy (non-hydrogen) atoms. The number of pyridine rings is 1. The highest BCUT2D eigenvalue weighted by Crippen LogP contribution is 2.27. The molecular weight excluding hydrogens is 314 g/mol. The Morgan fingerprint density at radius 3 is 2.50 bits per heavy atom. The quantitative estimate of drug-likeness (QED) is 0.900. The average molecular weight is 334 g/mol. The summed E-state index contributed by atoms with van der Waals surface area (Å²) in [6.45, 7) is 5.72. The van der Waals surface area contributed by atoms with Crippen molar-refractivity contribution in [1.82, 2.24) is 4.98 Å². The molecule has 2 aromatic rings. The van der Waals surface area contributed by atoms with E-state index in [1.54, 1.807) is 0 Å². The van der Waals surface area contributed by atoms with Crippen LogP contribution in [0.15, 0.2) is 41.0 Å². The number of halogens is 1. The fourth-order valence-electron chi connectivity index (χ4n) is 2.02. The summed E-state index contributed by atoms with van der Waals surface area (Å²) in [6, 6.07) is 10.6. The van der Waals surface area contributed by atoms with Crippen molar-refractivity contribution in [3.05, 3.63) is 52.1 Å². The highest BCUT2D eigenvalue weighted by molar-refractivity contribution is 9.10. The van der Waals surface area contributed by atoms with Gasteiger partial charge in [0.25, 0.3) is 0 Å². The van der Waals surface area contributed by atoms with Gasteiger partial charge in [-0.15, -0.1) is 0 Å². The lowest BCUT2D eigenvalue weighted by Crippen LogP contribution is -2.22. The van der Waals surface area contributed by atoms with Crippen LogP contribution in [0.25, 0.3) is 0 Å². The Morgan fingerprint density at radius 1 is 1.20 bits per heavy atom. The number of benzene rings is 1. The molecule has 2 rings (SSSR count). The number of hydrogen-bond acceptors (Lipinski definition) is 3. The second-order valence-corrected chi connectivity index (χ2v) is 5.78. The van der Waals surface area contributed by atoms with Crippen LogP contribution in [0, 0.1) is 13.8 Å². The van der Waals surface area contributed by atoms with Crippen molar-refractivity contribution in [1.29, 1.82) is 0 Å². The van der Waals surface area contributed by atoms with E-state index in [0.717, 1.165) is 28.9 Å². The van der Waals surface area contributed by atoms with Crippen molar-refractivity contribution >= 4 is 27.4 Å². The molecule has 1 heterocycles. The summed E-state index contributed by atoms with van der Waals surface area (Å²) in [5, 5.41) is 0. The van der Waals surface area contributed by atoms with Crippen molar-refractivity contribution in [2.75, 3.05) is 18.0 Å². The predicted octanol–water partition coefficient (Wildman–Crippen LogP) is 3.95. The molecule has 0 amide bonds. The van der Waals surface area contributed by atoms with Gasteiger partial charge in [-0.1, -0.05) is 17.7 Å². The van der Waals surface area contributed by atoms with E-state index < -0.39 is 0 Å². The summed E-state index contributed by atoms with van der Waals surface area (Å²) in [5.74, 6) is 0.961. The molecule has 0 bridgehead atoms. The van der Waals surface area contributed by atoms with Gasteiger partial charge in [-0.05, 0) is 66.5 Å². The van der Waals surface area contributed by atoms with E-state index in [1.807, 2.05) is 6.20 Å². The van der Waals surface area contributed by atoms with Crippen LogP contribution in [0.1, 0.15) is 17.5 Å². The van der Waals surface area contributed by atoms with Crippen molar-refractivity contribution in [2.45, 2.75) is 20.3 Å². The van der Waals surface area contributed by atoms with E-state index in [4.69, 9.17) is 5.73 Å². The smallest absolute Gasteiger partial charge is 0.133 e. The molecule has 0 saturated heterocycles. The van der Waals surface area contributed by atoms with Gasteiger partial charge in [-0.3, -0.25) is 0 Å². The molecule has 0 spiro atoms. The molecule has 106 valence electrons. The van der Waals surface area contributed by atoms with E-state index in [0.29, 0.717) is 6.54 Å². The van der Waals surface area contributed by atoms with Gasteiger partial charge in [-0.25, -0.2) is 4.98 Å². The molecule has 0 radical (unpaired) electrons. The fourth-order valence-corrected chi connectivity index (χ4v) is 2.24. The molecule has 0 aliphatic heterocycles. The van der Waals surface area contributed by atoms with Crippen molar-refractivity contribution in [3.63, 3.8) is 0 Å². The zero-order chi connectivity index (χ0) is 14.5. The lowest BCUT2D eigenvalue weighted by molar-refractivity contribution is 0.809. The van der Waals surface area contributed by atoms with Gasteiger partial charge in [0.2, 0.25) is 0 Å². The van der Waals surface area contributed by atoms with Gasteiger partial charge in [0.1, 0.15) is 5.82 Å².